The number of carboxylic acid groups (broad SMARTS) is 1. The van der Waals surface area contributed by atoms with Gasteiger partial charge in [-0.25, -0.2) is 4.79 Å². The number of rotatable bonds is 7. The van der Waals surface area contributed by atoms with Crippen LogP contribution in [0.15, 0.2) is 0 Å². The molecule has 0 aromatic heterocycles. The highest BCUT2D eigenvalue weighted by Gasteiger charge is 2.10. The van der Waals surface area contributed by atoms with Crippen molar-refractivity contribution in [2.24, 2.45) is 5.73 Å². The number of aliphatic carboxylic acids is 1. The second-order valence-corrected chi connectivity index (χ2v) is 3.15. The summed E-state index contributed by atoms with van der Waals surface area (Å²) < 4.78 is 4.55. The molecule has 0 heterocycles. The van der Waals surface area contributed by atoms with Gasteiger partial charge in [-0.2, -0.15) is 0 Å². The zero-order valence-corrected chi connectivity index (χ0v) is 8.94. The molecule has 0 aromatic carbocycles. The quantitative estimate of drug-likeness (QED) is 0.418. The Morgan fingerprint density at radius 3 is 2.75 bits per heavy atom. The maximum atomic E-state index is 10.9. The topological polar surface area (TPSA) is 102 Å². The molecule has 90 valence electrons. The first kappa shape index (κ1) is 14.3. The lowest BCUT2D eigenvalue weighted by molar-refractivity contribution is -0.138. The monoisotopic (exact) mass is 228 g/mol. The van der Waals surface area contributed by atoms with Crippen LogP contribution in [0.5, 0.6) is 0 Å². The van der Waals surface area contributed by atoms with Crippen molar-refractivity contribution < 1.29 is 19.4 Å². The van der Waals surface area contributed by atoms with Crippen LogP contribution in [0.1, 0.15) is 19.3 Å². The molecule has 6 nitrogen and oxygen atoms in total. The van der Waals surface area contributed by atoms with Crippen LogP contribution in [0.2, 0.25) is 0 Å². The maximum Gasteiger partial charge on any atom is 0.408 e. The number of carbonyl (C=O) groups excluding carboxylic acids is 1. The molecular formula is C10H16N2O4. The first-order valence-corrected chi connectivity index (χ1v) is 4.90. The molecule has 0 aliphatic rings. The predicted octanol–water partition coefficient (Wildman–Crippen LogP) is -0.0720. The Morgan fingerprint density at radius 2 is 2.19 bits per heavy atom. The molecular weight excluding hydrogens is 212 g/mol. The fourth-order valence-corrected chi connectivity index (χ4v) is 0.961. The van der Waals surface area contributed by atoms with Crippen molar-refractivity contribution in [3.63, 3.8) is 0 Å². The minimum atomic E-state index is -1.01. The number of ether oxygens (including phenoxy) is 1. The average molecular weight is 228 g/mol. The number of terminal acetylenes is 1. The summed E-state index contributed by atoms with van der Waals surface area (Å²) in [5.74, 6) is 1.15. The smallest absolute Gasteiger partial charge is 0.408 e. The Bertz CT molecular complexity index is 272. The molecule has 0 spiro atoms. The SMILES string of the molecule is C#CCOC(=O)NCCCCC(N)C(=O)O. The number of hydrogen-bond donors (Lipinski definition) is 3. The largest absolute Gasteiger partial charge is 0.480 e. The Balaban J connectivity index is 3.37. The van der Waals surface area contributed by atoms with Gasteiger partial charge >= 0.3 is 12.1 Å². The van der Waals surface area contributed by atoms with Gasteiger partial charge in [-0.1, -0.05) is 5.92 Å². The molecule has 4 N–H and O–H groups in total. The van der Waals surface area contributed by atoms with E-state index in [0.717, 1.165) is 0 Å². The van der Waals surface area contributed by atoms with Gasteiger partial charge in [0.2, 0.25) is 0 Å². The van der Waals surface area contributed by atoms with Gasteiger partial charge in [0.05, 0.1) is 0 Å². The number of carbonyl (C=O) groups is 2. The lowest BCUT2D eigenvalue weighted by atomic mass is 10.1. The second kappa shape index (κ2) is 8.56. The van der Waals surface area contributed by atoms with E-state index >= 15 is 0 Å². The summed E-state index contributed by atoms with van der Waals surface area (Å²) in [7, 11) is 0. The molecule has 0 aliphatic heterocycles. The van der Waals surface area contributed by atoms with Crippen LogP contribution in [0.25, 0.3) is 0 Å². The molecule has 1 unspecified atom stereocenters. The number of amides is 1. The minimum Gasteiger partial charge on any atom is -0.480 e. The van der Waals surface area contributed by atoms with E-state index < -0.39 is 18.1 Å². The maximum absolute atomic E-state index is 10.9. The summed E-state index contributed by atoms with van der Waals surface area (Å²) >= 11 is 0. The molecule has 0 radical (unpaired) electrons. The van der Waals surface area contributed by atoms with Gasteiger partial charge in [-0.05, 0) is 19.3 Å². The van der Waals surface area contributed by atoms with Gasteiger partial charge in [0.15, 0.2) is 6.61 Å². The van der Waals surface area contributed by atoms with E-state index in [9.17, 15) is 9.59 Å². The number of carboxylic acids is 1. The van der Waals surface area contributed by atoms with Crippen molar-refractivity contribution in [1.29, 1.82) is 0 Å². The molecule has 0 saturated carbocycles. The number of alkyl carbamates (subject to hydrolysis) is 1. The molecule has 0 aliphatic carbocycles. The molecule has 1 atom stereocenters. The lowest BCUT2D eigenvalue weighted by Gasteiger charge is -2.06. The molecule has 0 fully saturated rings. The molecule has 0 bridgehead atoms. The summed E-state index contributed by atoms with van der Waals surface area (Å²) in [6.45, 7) is 0.353. The zero-order chi connectivity index (χ0) is 12.4. The number of unbranched alkanes of at least 4 members (excludes halogenated alkanes) is 1. The summed E-state index contributed by atoms with van der Waals surface area (Å²) in [5.41, 5.74) is 5.29. The normalized spacial score (nSPS) is 11.2. The van der Waals surface area contributed by atoms with Crippen molar-refractivity contribution in [2.45, 2.75) is 25.3 Å². The van der Waals surface area contributed by atoms with Crippen molar-refractivity contribution in [2.75, 3.05) is 13.2 Å². The van der Waals surface area contributed by atoms with Gasteiger partial charge in [0.1, 0.15) is 6.04 Å². The number of nitrogens with one attached hydrogen (secondary N) is 1. The van der Waals surface area contributed by atoms with Crippen LogP contribution in [-0.4, -0.2) is 36.4 Å². The Kier molecular flexibility index (Phi) is 7.63. The van der Waals surface area contributed by atoms with Crippen LogP contribution in [-0.2, 0) is 9.53 Å². The summed E-state index contributed by atoms with van der Waals surface area (Å²) in [4.78, 5) is 21.2. The first-order chi connectivity index (χ1) is 7.57. The first-order valence-electron chi connectivity index (χ1n) is 4.90. The minimum absolute atomic E-state index is 0.0598. The van der Waals surface area contributed by atoms with Gasteiger partial charge in [0, 0.05) is 6.54 Å². The summed E-state index contributed by atoms with van der Waals surface area (Å²) in [6.07, 6.45) is 5.98. The molecule has 1 amide bonds. The fraction of sp³-hybridized carbons (Fsp3) is 0.600. The third kappa shape index (κ3) is 7.64. The van der Waals surface area contributed by atoms with E-state index in [1.165, 1.54) is 0 Å². The highest BCUT2D eigenvalue weighted by molar-refractivity contribution is 5.72. The fourth-order valence-electron chi connectivity index (χ4n) is 0.961. The van der Waals surface area contributed by atoms with E-state index in [0.29, 0.717) is 25.8 Å². The summed E-state index contributed by atoms with van der Waals surface area (Å²) in [5, 5.41) is 11.0. The van der Waals surface area contributed by atoms with Gasteiger partial charge in [-0.15, -0.1) is 6.42 Å². The molecule has 0 rings (SSSR count). The van der Waals surface area contributed by atoms with Gasteiger partial charge < -0.3 is 20.9 Å². The third-order valence-corrected chi connectivity index (χ3v) is 1.82. The number of nitrogens with two attached hydrogens (primary N) is 1. The lowest BCUT2D eigenvalue weighted by Crippen LogP contribution is -2.30. The molecule has 6 heteroatoms. The third-order valence-electron chi connectivity index (χ3n) is 1.82. The van der Waals surface area contributed by atoms with Gasteiger partial charge in [-0.3, -0.25) is 4.79 Å². The van der Waals surface area contributed by atoms with Crippen molar-refractivity contribution in [3.8, 4) is 12.3 Å². The van der Waals surface area contributed by atoms with Crippen molar-refractivity contribution in [3.05, 3.63) is 0 Å². The Hall–Kier alpha value is -1.74. The van der Waals surface area contributed by atoms with E-state index in [4.69, 9.17) is 17.3 Å². The van der Waals surface area contributed by atoms with Crippen LogP contribution in [0.4, 0.5) is 4.79 Å². The standard InChI is InChI=1S/C10H16N2O4/c1-2-7-16-10(15)12-6-4-3-5-8(11)9(13)14/h1,8H,3-7,11H2,(H,12,15)(H,13,14). The van der Waals surface area contributed by atoms with Crippen LogP contribution < -0.4 is 11.1 Å². The zero-order valence-electron chi connectivity index (χ0n) is 8.94. The predicted molar refractivity (Wildman–Crippen MR) is 57.6 cm³/mol. The van der Waals surface area contributed by atoms with E-state index in [1.807, 2.05) is 0 Å². The average Bonchev–Trinajstić information content (AvgIpc) is 2.25. The molecule has 0 saturated heterocycles. The Morgan fingerprint density at radius 1 is 1.50 bits per heavy atom. The highest BCUT2D eigenvalue weighted by atomic mass is 16.5. The van der Waals surface area contributed by atoms with Crippen LogP contribution in [0.3, 0.4) is 0 Å². The molecule has 16 heavy (non-hydrogen) atoms. The van der Waals surface area contributed by atoms with E-state index in [2.05, 4.69) is 16.0 Å². The second-order valence-electron chi connectivity index (χ2n) is 3.15. The Labute approximate surface area is 94.1 Å². The van der Waals surface area contributed by atoms with Crippen molar-refractivity contribution >= 4 is 12.1 Å². The number of hydrogen-bond acceptors (Lipinski definition) is 4. The molecule has 0 aromatic rings. The van der Waals surface area contributed by atoms with E-state index in [-0.39, 0.29) is 6.61 Å². The summed E-state index contributed by atoms with van der Waals surface area (Å²) in [6, 6.07) is -0.839. The van der Waals surface area contributed by atoms with Gasteiger partial charge in [0.25, 0.3) is 0 Å². The van der Waals surface area contributed by atoms with E-state index in [1.54, 1.807) is 0 Å². The van der Waals surface area contributed by atoms with Crippen molar-refractivity contribution in [1.82, 2.24) is 5.32 Å². The highest BCUT2D eigenvalue weighted by Crippen LogP contribution is 1.98. The van der Waals surface area contributed by atoms with Crippen LogP contribution >= 0.6 is 0 Å². The van der Waals surface area contributed by atoms with Crippen LogP contribution in [0, 0.1) is 12.3 Å².